The lowest BCUT2D eigenvalue weighted by molar-refractivity contribution is -0.163. The molecule has 1 fully saturated rings. The molecule has 1 aliphatic rings. The monoisotopic (exact) mass is 381 g/mol. The number of piperidine rings is 1. The maximum absolute atomic E-state index is 13.1. The zero-order chi connectivity index (χ0) is 18.9. The zero-order valence-electron chi connectivity index (χ0n) is 14.4. The first-order valence-corrected chi connectivity index (χ1v) is 8.77. The molecule has 1 aliphatic heterocycles. The molecular formula is C18H21ClFN3O3. The second-order valence-electron chi connectivity index (χ2n) is 6.89. The molecule has 2 heterocycles. The zero-order valence-corrected chi connectivity index (χ0v) is 15.1. The summed E-state index contributed by atoms with van der Waals surface area (Å²) in [5, 5.41) is 27.9. The highest BCUT2D eigenvalue weighted by atomic mass is 35.5. The molecule has 0 saturated carbocycles. The number of nitrogens with zero attached hydrogens (tertiary/aromatic N) is 2. The first-order valence-electron chi connectivity index (χ1n) is 8.39. The third-order valence-corrected chi connectivity index (χ3v) is 5.54. The van der Waals surface area contributed by atoms with Crippen molar-refractivity contribution in [3.05, 3.63) is 52.1 Å². The van der Waals surface area contributed by atoms with Gasteiger partial charge in [-0.1, -0.05) is 23.7 Å². The second kappa shape index (κ2) is 7.34. The topological polar surface area (TPSA) is 89.5 Å². The third-order valence-electron chi connectivity index (χ3n) is 5.04. The maximum Gasteiger partial charge on any atom is 0.313 e. The van der Waals surface area contributed by atoms with Crippen molar-refractivity contribution in [2.45, 2.75) is 32.4 Å². The Hall–Kier alpha value is -1.96. The van der Waals surface area contributed by atoms with Crippen LogP contribution < -0.4 is 0 Å². The van der Waals surface area contributed by atoms with E-state index in [0.29, 0.717) is 35.8 Å². The number of aromatic amines is 1. The number of carboxylic acids is 1. The van der Waals surface area contributed by atoms with Crippen molar-refractivity contribution >= 4 is 17.6 Å². The van der Waals surface area contributed by atoms with Gasteiger partial charge in [0.1, 0.15) is 11.2 Å². The van der Waals surface area contributed by atoms with Crippen LogP contribution >= 0.6 is 11.6 Å². The highest BCUT2D eigenvalue weighted by Crippen LogP contribution is 2.35. The van der Waals surface area contributed by atoms with Gasteiger partial charge in [-0.2, -0.15) is 5.10 Å². The van der Waals surface area contributed by atoms with Crippen LogP contribution in [0.3, 0.4) is 0 Å². The molecule has 1 aromatic heterocycles. The number of aromatic nitrogens is 2. The Morgan fingerprint density at radius 2 is 2.15 bits per heavy atom. The number of aliphatic hydroxyl groups excluding tert-OH is 1. The third kappa shape index (κ3) is 3.60. The molecule has 1 saturated heterocycles. The number of aliphatic hydroxyl groups is 1. The van der Waals surface area contributed by atoms with Crippen molar-refractivity contribution in [1.82, 2.24) is 15.1 Å². The van der Waals surface area contributed by atoms with Crippen LogP contribution in [-0.2, 0) is 17.8 Å². The fraction of sp³-hybridized carbons (Fsp3) is 0.444. The number of H-pyrrole nitrogens is 1. The summed E-state index contributed by atoms with van der Waals surface area (Å²) in [6.07, 6.45) is -0.542. The van der Waals surface area contributed by atoms with Gasteiger partial charge in [0.2, 0.25) is 0 Å². The molecule has 0 unspecified atom stereocenters. The minimum absolute atomic E-state index is 0.119. The number of benzene rings is 1. The number of hydrogen-bond donors (Lipinski definition) is 3. The number of carbonyl (C=O) groups is 1. The summed E-state index contributed by atoms with van der Waals surface area (Å²) in [7, 11) is 0. The summed E-state index contributed by atoms with van der Waals surface area (Å²) in [5.74, 6) is -1.45. The van der Waals surface area contributed by atoms with Gasteiger partial charge >= 0.3 is 5.97 Å². The largest absolute Gasteiger partial charge is 0.481 e. The lowest BCUT2D eigenvalue weighted by atomic mass is 9.73. The van der Waals surface area contributed by atoms with E-state index in [0.717, 1.165) is 5.69 Å². The molecule has 0 aliphatic carbocycles. The van der Waals surface area contributed by atoms with E-state index in [1.807, 2.05) is 11.8 Å². The Labute approximate surface area is 155 Å². The quantitative estimate of drug-likeness (QED) is 0.740. The Balaban J connectivity index is 1.83. The van der Waals surface area contributed by atoms with E-state index in [2.05, 4.69) is 10.2 Å². The van der Waals surface area contributed by atoms with Crippen LogP contribution in [0.15, 0.2) is 24.3 Å². The van der Waals surface area contributed by atoms with Crippen molar-refractivity contribution in [3.8, 4) is 0 Å². The number of rotatable bonds is 5. The lowest BCUT2D eigenvalue weighted by Crippen LogP contribution is -2.56. The van der Waals surface area contributed by atoms with Gasteiger partial charge in [0.05, 0.1) is 22.5 Å². The van der Waals surface area contributed by atoms with E-state index in [4.69, 9.17) is 11.6 Å². The Bertz CT molecular complexity index is 795. The fourth-order valence-corrected chi connectivity index (χ4v) is 3.65. The Kier molecular flexibility index (Phi) is 5.32. The van der Waals surface area contributed by atoms with Gasteiger partial charge in [0.15, 0.2) is 0 Å². The minimum atomic E-state index is -1.37. The average molecular weight is 382 g/mol. The first-order chi connectivity index (χ1) is 12.3. The number of aliphatic carboxylic acids is 1. The smallest absolute Gasteiger partial charge is 0.313 e. The van der Waals surface area contributed by atoms with Gasteiger partial charge in [-0.25, -0.2) is 4.39 Å². The molecule has 8 heteroatoms. The van der Waals surface area contributed by atoms with E-state index < -0.39 is 17.5 Å². The van der Waals surface area contributed by atoms with Crippen LogP contribution in [0, 0.1) is 18.2 Å². The number of hydrogen-bond acceptors (Lipinski definition) is 4. The molecule has 2 aromatic rings. The summed E-state index contributed by atoms with van der Waals surface area (Å²) in [6.45, 7) is 2.91. The van der Waals surface area contributed by atoms with Crippen molar-refractivity contribution in [3.63, 3.8) is 0 Å². The van der Waals surface area contributed by atoms with E-state index in [1.165, 1.54) is 12.1 Å². The van der Waals surface area contributed by atoms with E-state index in [9.17, 15) is 19.4 Å². The van der Waals surface area contributed by atoms with Crippen molar-refractivity contribution in [2.75, 3.05) is 13.1 Å². The van der Waals surface area contributed by atoms with Gasteiger partial charge in [0.25, 0.3) is 0 Å². The highest BCUT2D eigenvalue weighted by molar-refractivity contribution is 6.31. The van der Waals surface area contributed by atoms with E-state index in [-0.39, 0.29) is 18.8 Å². The van der Waals surface area contributed by atoms with Crippen LogP contribution in [0.1, 0.15) is 23.4 Å². The maximum atomic E-state index is 13.1. The molecule has 26 heavy (non-hydrogen) atoms. The van der Waals surface area contributed by atoms with Gasteiger partial charge in [-0.3, -0.25) is 14.8 Å². The first kappa shape index (κ1) is 18.8. The van der Waals surface area contributed by atoms with Gasteiger partial charge < -0.3 is 10.2 Å². The molecule has 0 radical (unpaired) electrons. The average Bonchev–Trinajstić information content (AvgIpc) is 2.91. The summed E-state index contributed by atoms with van der Waals surface area (Å²) < 4.78 is 13.1. The molecule has 3 N–H and O–H groups in total. The predicted molar refractivity (Wildman–Crippen MR) is 94.4 cm³/mol. The number of likely N-dealkylation sites (tertiary alicyclic amines) is 1. The molecule has 0 amide bonds. The second-order valence-corrected chi connectivity index (χ2v) is 7.27. The van der Waals surface area contributed by atoms with Crippen LogP contribution in [0.2, 0.25) is 5.02 Å². The normalized spacial score (nSPS) is 23.9. The fourth-order valence-electron chi connectivity index (χ4n) is 3.51. The number of aryl methyl sites for hydroxylation is 1. The summed E-state index contributed by atoms with van der Waals surface area (Å²) in [5.41, 5.74) is 0.716. The van der Waals surface area contributed by atoms with Crippen LogP contribution in [0.4, 0.5) is 4.39 Å². The standard InChI is InChI=1S/C18H21ClFN3O3/c1-11-16(19)14(22-21-11)9-23-7-6-15(24)18(10-23,17(25)26)8-12-2-4-13(20)5-3-12/h2-5,15,24H,6-10H2,1H3,(H,21,22)(H,25,26)/t15-,18+/m0/s1. The highest BCUT2D eigenvalue weighted by Gasteiger charge is 2.49. The Morgan fingerprint density at radius 3 is 2.73 bits per heavy atom. The van der Waals surface area contributed by atoms with Crippen LogP contribution in [-0.4, -0.2) is 50.5 Å². The van der Waals surface area contributed by atoms with Crippen molar-refractivity contribution in [2.24, 2.45) is 5.41 Å². The van der Waals surface area contributed by atoms with E-state index >= 15 is 0 Å². The summed E-state index contributed by atoms with van der Waals surface area (Å²) >= 11 is 6.21. The molecule has 1 aromatic carbocycles. The SMILES string of the molecule is Cc1[nH]nc(CN2CC[C@H](O)[C@](Cc3ccc(F)cc3)(C(=O)O)C2)c1Cl. The number of carboxylic acid groups (broad SMARTS) is 1. The van der Waals surface area contributed by atoms with E-state index in [1.54, 1.807) is 12.1 Å². The van der Waals surface area contributed by atoms with Crippen molar-refractivity contribution in [1.29, 1.82) is 0 Å². The molecule has 0 spiro atoms. The molecule has 140 valence electrons. The van der Waals surface area contributed by atoms with Gasteiger partial charge in [-0.05, 0) is 37.5 Å². The lowest BCUT2D eigenvalue weighted by Gasteiger charge is -2.43. The molecule has 2 atom stereocenters. The van der Waals surface area contributed by atoms with Gasteiger partial charge in [-0.15, -0.1) is 0 Å². The minimum Gasteiger partial charge on any atom is -0.481 e. The van der Waals surface area contributed by atoms with Crippen LogP contribution in [0.25, 0.3) is 0 Å². The van der Waals surface area contributed by atoms with Gasteiger partial charge in [0, 0.05) is 19.6 Å². The number of nitrogens with one attached hydrogen (secondary N) is 1. The molecule has 6 nitrogen and oxygen atoms in total. The number of halogens is 2. The summed E-state index contributed by atoms with van der Waals surface area (Å²) in [4.78, 5) is 14.1. The molecule has 3 rings (SSSR count). The van der Waals surface area contributed by atoms with Crippen molar-refractivity contribution < 1.29 is 19.4 Å². The summed E-state index contributed by atoms with van der Waals surface area (Å²) in [6, 6.07) is 5.70. The van der Waals surface area contributed by atoms with Crippen LogP contribution in [0.5, 0.6) is 0 Å². The Morgan fingerprint density at radius 1 is 1.46 bits per heavy atom. The molecule has 0 bridgehead atoms. The molecular weight excluding hydrogens is 361 g/mol. The predicted octanol–water partition coefficient (Wildman–Crippen LogP) is 2.39.